The lowest BCUT2D eigenvalue weighted by Gasteiger charge is -2.33. The van der Waals surface area contributed by atoms with Crippen LogP contribution in [0.5, 0.6) is 0 Å². The summed E-state index contributed by atoms with van der Waals surface area (Å²) in [5, 5.41) is 7.71. The first-order chi connectivity index (χ1) is 15.6. The van der Waals surface area contributed by atoms with E-state index in [4.69, 9.17) is 4.98 Å². The lowest BCUT2D eigenvalue weighted by molar-refractivity contribution is 0.313. The summed E-state index contributed by atoms with van der Waals surface area (Å²) in [5.74, 6) is 1.96. The second-order valence-corrected chi connectivity index (χ2v) is 8.34. The van der Waals surface area contributed by atoms with Crippen LogP contribution in [0.4, 0.5) is 29.0 Å². The van der Waals surface area contributed by atoms with Crippen LogP contribution in [-0.4, -0.2) is 58.1 Å². The van der Waals surface area contributed by atoms with Gasteiger partial charge in [-0.25, -0.2) is 4.98 Å². The van der Waals surface area contributed by atoms with E-state index in [9.17, 15) is 0 Å². The van der Waals surface area contributed by atoms with Crippen LogP contribution < -0.4 is 15.5 Å². The van der Waals surface area contributed by atoms with Crippen molar-refractivity contribution in [3.63, 3.8) is 0 Å². The van der Waals surface area contributed by atoms with Gasteiger partial charge in [0.25, 0.3) is 0 Å². The molecule has 0 aliphatic carbocycles. The van der Waals surface area contributed by atoms with Gasteiger partial charge in [0.1, 0.15) is 17.3 Å². The zero-order valence-corrected chi connectivity index (χ0v) is 18.7. The lowest BCUT2D eigenvalue weighted by atomic mass is 10.1. The average Bonchev–Trinajstić information content (AvgIpc) is 3.26. The number of nitrogens with zero attached hydrogens (tertiary/aromatic N) is 5. The average molecular weight is 429 g/mol. The minimum absolute atomic E-state index is 0.494. The summed E-state index contributed by atoms with van der Waals surface area (Å²) in [6.07, 6.45) is 3.79. The molecular formula is C24H28N8. The number of aryl methyl sites for hydroxylation is 2. The SMILES string of the molecule is Cc1cccc(C)c1Nc1nc(Nc2ccc(N3CCN(C)CC3)cn2)nc2[nH]ccc12. The normalized spacial score (nSPS) is 14.7. The number of rotatable bonds is 5. The van der Waals surface area contributed by atoms with Gasteiger partial charge in [-0.15, -0.1) is 0 Å². The van der Waals surface area contributed by atoms with Gasteiger partial charge in [-0.2, -0.15) is 9.97 Å². The summed E-state index contributed by atoms with van der Waals surface area (Å²) in [6, 6.07) is 12.3. The number of benzene rings is 1. The summed E-state index contributed by atoms with van der Waals surface area (Å²) < 4.78 is 0. The van der Waals surface area contributed by atoms with Gasteiger partial charge in [-0.3, -0.25) is 0 Å². The van der Waals surface area contributed by atoms with Crippen LogP contribution in [0.1, 0.15) is 11.1 Å². The first kappa shape index (κ1) is 20.3. The molecule has 1 aliphatic rings. The van der Waals surface area contributed by atoms with Crippen LogP contribution in [0.15, 0.2) is 48.8 Å². The molecule has 0 saturated carbocycles. The van der Waals surface area contributed by atoms with Crippen LogP contribution in [0.3, 0.4) is 0 Å². The van der Waals surface area contributed by atoms with Gasteiger partial charge in [0.2, 0.25) is 5.95 Å². The Kier molecular flexibility index (Phi) is 5.36. The summed E-state index contributed by atoms with van der Waals surface area (Å²) in [6.45, 7) is 8.36. The Labute approximate surface area is 187 Å². The van der Waals surface area contributed by atoms with Crippen molar-refractivity contribution in [2.45, 2.75) is 13.8 Å². The Morgan fingerprint density at radius 2 is 1.69 bits per heavy atom. The van der Waals surface area contributed by atoms with Crippen molar-refractivity contribution in [3.05, 3.63) is 59.9 Å². The summed E-state index contributed by atoms with van der Waals surface area (Å²) >= 11 is 0. The molecule has 8 heteroatoms. The second kappa shape index (κ2) is 8.47. The monoisotopic (exact) mass is 428 g/mol. The number of nitrogens with one attached hydrogen (secondary N) is 3. The van der Waals surface area contributed by atoms with Gasteiger partial charge in [-0.05, 0) is 50.2 Å². The van der Waals surface area contributed by atoms with E-state index in [1.165, 1.54) is 11.1 Å². The molecule has 4 heterocycles. The van der Waals surface area contributed by atoms with Gasteiger partial charge in [0.15, 0.2) is 0 Å². The Hall–Kier alpha value is -3.65. The molecule has 4 aromatic rings. The first-order valence-electron chi connectivity index (χ1n) is 10.9. The highest BCUT2D eigenvalue weighted by Crippen LogP contribution is 2.29. The third-order valence-corrected chi connectivity index (χ3v) is 6.00. The van der Waals surface area contributed by atoms with Crippen molar-refractivity contribution in [1.82, 2.24) is 24.8 Å². The van der Waals surface area contributed by atoms with E-state index in [-0.39, 0.29) is 0 Å². The van der Waals surface area contributed by atoms with Crippen LogP contribution in [0.2, 0.25) is 0 Å². The largest absolute Gasteiger partial charge is 0.368 e. The fraction of sp³-hybridized carbons (Fsp3) is 0.292. The Bertz CT molecular complexity index is 1200. The fourth-order valence-electron chi connectivity index (χ4n) is 4.05. The number of H-pyrrole nitrogens is 1. The maximum atomic E-state index is 4.76. The smallest absolute Gasteiger partial charge is 0.232 e. The van der Waals surface area contributed by atoms with Crippen LogP contribution in [0, 0.1) is 13.8 Å². The van der Waals surface area contributed by atoms with Crippen LogP contribution in [0.25, 0.3) is 11.0 Å². The number of hydrogen-bond acceptors (Lipinski definition) is 7. The third kappa shape index (κ3) is 4.09. The van der Waals surface area contributed by atoms with Crippen molar-refractivity contribution >= 4 is 40.0 Å². The molecule has 0 radical (unpaired) electrons. The highest BCUT2D eigenvalue weighted by Gasteiger charge is 2.15. The molecule has 8 nitrogen and oxygen atoms in total. The van der Waals surface area contributed by atoms with Crippen molar-refractivity contribution in [2.75, 3.05) is 48.8 Å². The summed E-state index contributed by atoms with van der Waals surface area (Å²) in [4.78, 5) is 21.9. The molecule has 1 aromatic carbocycles. The second-order valence-electron chi connectivity index (χ2n) is 8.34. The predicted molar refractivity (Wildman–Crippen MR) is 130 cm³/mol. The Morgan fingerprint density at radius 1 is 0.906 bits per heavy atom. The predicted octanol–water partition coefficient (Wildman–Crippen LogP) is 4.21. The zero-order valence-electron chi connectivity index (χ0n) is 18.7. The first-order valence-corrected chi connectivity index (χ1v) is 10.9. The zero-order chi connectivity index (χ0) is 22.1. The molecule has 1 aliphatic heterocycles. The van der Waals surface area contributed by atoms with Crippen molar-refractivity contribution in [1.29, 1.82) is 0 Å². The van der Waals surface area contributed by atoms with E-state index >= 15 is 0 Å². The van der Waals surface area contributed by atoms with Gasteiger partial charge < -0.3 is 25.4 Å². The van der Waals surface area contributed by atoms with Gasteiger partial charge in [-0.1, -0.05) is 18.2 Å². The fourth-order valence-corrected chi connectivity index (χ4v) is 4.05. The topological polar surface area (TPSA) is 85.0 Å². The quantitative estimate of drug-likeness (QED) is 0.439. The molecule has 164 valence electrons. The van der Waals surface area contributed by atoms with Gasteiger partial charge >= 0.3 is 0 Å². The number of likely N-dealkylation sites (N-methyl/N-ethyl adjacent to an activating group) is 1. The lowest BCUT2D eigenvalue weighted by Crippen LogP contribution is -2.44. The number of fused-ring (bicyclic) bond motifs is 1. The maximum absolute atomic E-state index is 4.76. The minimum atomic E-state index is 0.494. The standard InChI is InChI=1S/C24H28N8/c1-16-5-4-6-17(2)21(16)28-23-19-9-10-25-22(19)29-24(30-23)27-20-8-7-18(15-26-20)32-13-11-31(3)12-14-32/h4-10,15H,11-14H2,1-3H3,(H3,25,26,27,28,29,30). The van der Waals surface area contributed by atoms with E-state index < -0.39 is 0 Å². The third-order valence-electron chi connectivity index (χ3n) is 6.00. The van der Waals surface area contributed by atoms with Crippen LogP contribution in [-0.2, 0) is 0 Å². The Balaban J connectivity index is 1.39. The summed E-state index contributed by atoms with van der Waals surface area (Å²) in [7, 11) is 2.16. The molecular weight excluding hydrogens is 400 g/mol. The number of aromatic amines is 1. The molecule has 1 saturated heterocycles. The molecule has 32 heavy (non-hydrogen) atoms. The number of piperazine rings is 1. The molecule has 0 bridgehead atoms. The minimum Gasteiger partial charge on any atom is -0.368 e. The van der Waals surface area contributed by atoms with Gasteiger partial charge in [0.05, 0.1) is 17.3 Å². The number of anilines is 5. The Morgan fingerprint density at radius 3 is 2.41 bits per heavy atom. The van der Waals surface area contributed by atoms with Gasteiger partial charge in [0, 0.05) is 38.1 Å². The van der Waals surface area contributed by atoms with E-state index in [0.29, 0.717) is 11.8 Å². The van der Waals surface area contributed by atoms with Crippen molar-refractivity contribution < 1.29 is 0 Å². The molecule has 0 spiro atoms. The molecule has 3 aromatic heterocycles. The number of aromatic nitrogens is 4. The number of para-hydroxylation sites is 1. The van der Waals surface area contributed by atoms with Crippen LogP contribution >= 0.6 is 0 Å². The molecule has 1 fully saturated rings. The molecule has 5 rings (SSSR count). The molecule has 0 amide bonds. The maximum Gasteiger partial charge on any atom is 0.232 e. The number of pyridine rings is 1. The van der Waals surface area contributed by atoms with E-state index in [1.54, 1.807) is 0 Å². The molecule has 0 atom stereocenters. The molecule has 0 unspecified atom stereocenters. The van der Waals surface area contributed by atoms with E-state index in [2.05, 4.69) is 80.5 Å². The number of hydrogen-bond donors (Lipinski definition) is 3. The van der Waals surface area contributed by atoms with Crippen molar-refractivity contribution in [3.8, 4) is 0 Å². The summed E-state index contributed by atoms with van der Waals surface area (Å²) in [5.41, 5.74) is 5.31. The van der Waals surface area contributed by atoms with E-state index in [0.717, 1.165) is 54.4 Å². The van der Waals surface area contributed by atoms with E-state index in [1.807, 2.05) is 24.5 Å². The highest BCUT2D eigenvalue weighted by molar-refractivity contribution is 5.90. The highest BCUT2D eigenvalue weighted by atomic mass is 15.3. The van der Waals surface area contributed by atoms with Crippen molar-refractivity contribution in [2.24, 2.45) is 0 Å². The molecule has 3 N–H and O–H groups in total.